The van der Waals surface area contributed by atoms with E-state index in [0.29, 0.717) is 37.0 Å². The molecule has 1 aromatic rings. The van der Waals surface area contributed by atoms with Gasteiger partial charge in [0, 0.05) is 19.5 Å². The predicted octanol–water partition coefficient (Wildman–Crippen LogP) is 2.88. The van der Waals surface area contributed by atoms with E-state index in [1.807, 2.05) is 18.3 Å². The van der Waals surface area contributed by atoms with Crippen LogP contribution in [0, 0.1) is 11.8 Å². The minimum atomic E-state index is -0.0353. The average molecular weight is 306 g/mol. The number of anilines is 2. The SMILES string of the molecule is CC(C)CN(CC(C)C)c1ccc(NC(=O)CCCN)nc1. The van der Waals surface area contributed by atoms with Gasteiger partial charge in [0.1, 0.15) is 5.82 Å². The third kappa shape index (κ3) is 6.89. The lowest BCUT2D eigenvalue weighted by atomic mass is 10.1. The smallest absolute Gasteiger partial charge is 0.225 e. The van der Waals surface area contributed by atoms with Crippen LogP contribution in [0.15, 0.2) is 18.3 Å². The minimum absolute atomic E-state index is 0.0353. The molecule has 0 spiro atoms. The molecule has 22 heavy (non-hydrogen) atoms. The van der Waals surface area contributed by atoms with Crippen molar-refractivity contribution in [2.75, 3.05) is 29.9 Å². The molecular formula is C17H30N4O. The van der Waals surface area contributed by atoms with Gasteiger partial charge in [-0.25, -0.2) is 4.98 Å². The van der Waals surface area contributed by atoms with Crippen LogP contribution in [0.25, 0.3) is 0 Å². The molecule has 0 saturated heterocycles. The number of hydrogen-bond acceptors (Lipinski definition) is 4. The molecule has 0 atom stereocenters. The molecule has 1 aromatic heterocycles. The summed E-state index contributed by atoms with van der Waals surface area (Å²) in [6, 6.07) is 3.89. The fourth-order valence-corrected chi connectivity index (χ4v) is 2.28. The van der Waals surface area contributed by atoms with Gasteiger partial charge in [-0.2, -0.15) is 0 Å². The summed E-state index contributed by atoms with van der Waals surface area (Å²) in [7, 11) is 0. The summed E-state index contributed by atoms with van der Waals surface area (Å²) in [6.07, 6.45) is 2.97. The quantitative estimate of drug-likeness (QED) is 0.736. The lowest BCUT2D eigenvalue weighted by Gasteiger charge is -2.28. The number of rotatable bonds is 9. The van der Waals surface area contributed by atoms with Crippen molar-refractivity contribution in [1.29, 1.82) is 0 Å². The van der Waals surface area contributed by atoms with E-state index in [9.17, 15) is 4.79 Å². The van der Waals surface area contributed by atoms with Crippen LogP contribution >= 0.6 is 0 Å². The van der Waals surface area contributed by atoms with Gasteiger partial charge < -0.3 is 16.0 Å². The molecule has 1 amide bonds. The second kappa shape index (κ2) is 9.41. The number of nitrogens with two attached hydrogens (primary N) is 1. The Morgan fingerprint density at radius 3 is 2.32 bits per heavy atom. The van der Waals surface area contributed by atoms with Gasteiger partial charge in [-0.05, 0) is 36.9 Å². The topological polar surface area (TPSA) is 71.2 Å². The normalized spacial score (nSPS) is 11.0. The van der Waals surface area contributed by atoms with Gasteiger partial charge in [0.25, 0.3) is 0 Å². The Balaban J connectivity index is 2.69. The van der Waals surface area contributed by atoms with Gasteiger partial charge in [-0.3, -0.25) is 4.79 Å². The van der Waals surface area contributed by atoms with Gasteiger partial charge in [0.15, 0.2) is 0 Å². The van der Waals surface area contributed by atoms with Gasteiger partial charge >= 0.3 is 0 Å². The molecule has 1 heterocycles. The number of amides is 1. The van der Waals surface area contributed by atoms with Crippen LogP contribution in [0.2, 0.25) is 0 Å². The lowest BCUT2D eigenvalue weighted by Crippen LogP contribution is -2.31. The van der Waals surface area contributed by atoms with Crippen molar-refractivity contribution in [3.8, 4) is 0 Å². The van der Waals surface area contributed by atoms with Crippen molar-refractivity contribution in [3.63, 3.8) is 0 Å². The van der Waals surface area contributed by atoms with Crippen molar-refractivity contribution < 1.29 is 4.79 Å². The number of carbonyl (C=O) groups is 1. The van der Waals surface area contributed by atoms with E-state index in [4.69, 9.17) is 5.73 Å². The summed E-state index contributed by atoms with van der Waals surface area (Å²) in [6.45, 7) is 11.4. The highest BCUT2D eigenvalue weighted by Gasteiger charge is 2.11. The molecule has 0 unspecified atom stereocenters. The number of hydrogen-bond donors (Lipinski definition) is 2. The number of aromatic nitrogens is 1. The summed E-state index contributed by atoms with van der Waals surface area (Å²) in [5, 5.41) is 2.80. The van der Waals surface area contributed by atoms with Crippen LogP contribution < -0.4 is 16.0 Å². The first-order valence-corrected chi connectivity index (χ1v) is 8.13. The number of nitrogens with zero attached hydrogens (tertiary/aromatic N) is 2. The van der Waals surface area contributed by atoms with E-state index in [-0.39, 0.29) is 5.91 Å². The molecule has 124 valence electrons. The molecule has 0 bridgehead atoms. The van der Waals surface area contributed by atoms with Crippen molar-refractivity contribution >= 4 is 17.4 Å². The van der Waals surface area contributed by atoms with E-state index in [0.717, 1.165) is 18.8 Å². The third-order valence-corrected chi connectivity index (χ3v) is 3.16. The molecule has 0 aliphatic heterocycles. The fourth-order valence-electron chi connectivity index (χ4n) is 2.28. The van der Waals surface area contributed by atoms with Crippen LogP contribution in [0.4, 0.5) is 11.5 Å². The summed E-state index contributed by atoms with van der Waals surface area (Å²) in [4.78, 5) is 18.4. The highest BCUT2D eigenvalue weighted by Crippen LogP contribution is 2.18. The Labute approximate surface area is 134 Å². The summed E-state index contributed by atoms with van der Waals surface area (Å²) in [5.74, 6) is 1.75. The van der Waals surface area contributed by atoms with Gasteiger partial charge in [0.2, 0.25) is 5.91 Å². The molecule has 0 aliphatic carbocycles. The van der Waals surface area contributed by atoms with Crippen molar-refractivity contribution in [2.24, 2.45) is 17.6 Å². The van der Waals surface area contributed by atoms with Crippen LogP contribution in [0.3, 0.4) is 0 Å². The van der Waals surface area contributed by atoms with Crippen molar-refractivity contribution in [3.05, 3.63) is 18.3 Å². The van der Waals surface area contributed by atoms with Crippen LogP contribution in [-0.4, -0.2) is 30.5 Å². The Kier molecular flexibility index (Phi) is 7.88. The standard InChI is InChI=1S/C17H30N4O/c1-13(2)11-21(12-14(3)4)15-7-8-16(19-10-15)20-17(22)6-5-9-18/h7-8,10,13-14H,5-6,9,11-12,18H2,1-4H3,(H,19,20,22). The van der Waals surface area contributed by atoms with Gasteiger partial charge in [-0.1, -0.05) is 27.7 Å². The van der Waals surface area contributed by atoms with Gasteiger partial charge in [-0.15, -0.1) is 0 Å². The Bertz CT molecular complexity index is 432. The minimum Gasteiger partial charge on any atom is -0.370 e. The Morgan fingerprint density at radius 2 is 1.86 bits per heavy atom. The molecule has 0 aliphatic rings. The largest absolute Gasteiger partial charge is 0.370 e. The summed E-state index contributed by atoms with van der Waals surface area (Å²) < 4.78 is 0. The van der Waals surface area contributed by atoms with E-state index < -0.39 is 0 Å². The molecule has 0 radical (unpaired) electrons. The number of pyridine rings is 1. The zero-order valence-corrected chi connectivity index (χ0v) is 14.3. The van der Waals surface area contributed by atoms with E-state index in [1.54, 1.807) is 0 Å². The molecule has 0 fully saturated rings. The first-order valence-electron chi connectivity index (χ1n) is 8.13. The van der Waals surface area contributed by atoms with Gasteiger partial charge in [0.05, 0.1) is 11.9 Å². The number of carbonyl (C=O) groups excluding carboxylic acids is 1. The first-order chi connectivity index (χ1) is 10.4. The summed E-state index contributed by atoms with van der Waals surface area (Å²) >= 11 is 0. The second-order valence-electron chi connectivity index (χ2n) is 6.53. The van der Waals surface area contributed by atoms with Crippen LogP contribution in [0.1, 0.15) is 40.5 Å². The van der Waals surface area contributed by atoms with Crippen molar-refractivity contribution in [1.82, 2.24) is 4.98 Å². The fraction of sp³-hybridized carbons (Fsp3) is 0.647. The molecule has 1 rings (SSSR count). The molecule has 0 aromatic carbocycles. The highest BCUT2D eigenvalue weighted by atomic mass is 16.1. The summed E-state index contributed by atoms with van der Waals surface area (Å²) in [5.41, 5.74) is 6.50. The molecule has 5 heteroatoms. The molecule has 0 saturated carbocycles. The number of nitrogens with one attached hydrogen (secondary N) is 1. The maximum absolute atomic E-state index is 11.7. The Hall–Kier alpha value is -1.62. The zero-order chi connectivity index (χ0) is 16.5. The predicted molar refractivity (Wildman–Crippen MR) is 93.0 cm³/mol. The monoisotopic (exact) mass is 306 g/mol. The third-order valence-electron chi connectivity index (χ3n) is 3.16. The van der Waals surface area contributed by atoms with Crippen LogP contribution in [0.5, 0.6) is 0 Å². The van der Waals surface area contributed by atoms with E-state index in [1.165, 1.54) is 0 Å². The zero-order valence-electron chi connectivity index (χ0n) is 14.3. The highest BCUT2D eigenvalue weighted by molar-refractivity contribution is 5.89. The maximum Gasteiger partial charge on any atom is 0.225 e. The Morgan fingerprint density at radius 1 is 1.23 bits per heavy atom. The van der Waals surface area contributed by atoms with Crippen molar-refractivity contribution in [2.45, 2.75) is 40.5 Å². The van der Waals surface area contributed by atoms with E-state index in [2.05, 4.69) is 42.9 Å². The molecule has 5 nitrogen and oxygen atoms in total. The molecular weight excluding hydrogens is 276 g/mol. The van der Waals surface area contributed by atoms with E-state index >= 15 is 0 Å². The average Bonchev–Trinajstić information content (AvgIpc) is 2.44. The lowest BCUT2D eigenvalue weighted by molar-refractivity contribution is -0.116. The first kappa shape index (κ1) is 18.4. The molecule has 3 N–H and O–H groups in total. The van der Waals surface area contributed by atoms with Crippen LogP contribution in [-0.2, 0) is 4.79 Å². The second-order valence-corrected chi connectivity index (χ2v) is 6.53. The maximum atomic E-state index is 11.7.